The fourth-order valence-electron chi connectivity index (χ4n) is 4.17. The van der Waals surface area contributed by atoms with E-state index in [9.17, 15) is 9.59 Å². The van der Waals surface area contributed by atoms with Crippen molar-refractivity contribution in [2.45, 2.75) is 19.0 Å². The third-order valence-electron chi connectivity index (χ3n) is 5.89. The molecule has 8 heteroatoms. The first-order valence-electron chi connectivity index (χ1n) is 10.6. The number of amides is 3. The predicted molar refractivity (Wildman–Crippen MR) is 121 cm³/mol. The zero-order valence-electron chi connectivity index (χ0n) is 17.2. The van der Waals surface area contributed by atoms with Crippen LogP contribution in [0.4, 0.5) is 4.79 Å². The van der Waals surface area contributed by atoms with Crippen LogP contribution in [0.3, 0.4) is 0 Å². The van der Waals surface area contributed by atoms with Gasteiger partial charge in [0.05, 0.1) is 23.4 Å². The highest BCUT2D eigenvalue weighted by Gasteiger charge is 2.39. The second-order valence-corrected chi connectivity index (χ2v) is 9.18. The maximum Gasteiger partial charge on any atom is 0.325 e. The zero-order chi connectivity index (χ0) is 21.2. The maximum absolute atomic E-state index is 12.8. The van der Waals surface area contributed by atoms with Crippen LogP contribution in [0.2, 0.25) is 0 Å². The van der Waals surface area contributed by atoms with Gasteiger partial charge in [0, 0.05) is 32.6 Å². The molecule has 7 nitrogen and oxygen atoms in total. The first-order chi connectivity index (χ1) is 15.2. The molecular weight excluding hydrogens is 410 g/mol. The summed E-state index contributed by atoms with van der Waals surface area (Å²) < 4.78 is 1.22. The Balaban J connectivity index is 1.13. The molecule has 1 N–H and O–H groups in total. The number of carbonyl (C=O) groups is 2. The second-order valence-electron chi connectivity index (χ2n) is 8.07. The van der Waals surface area contributed by atoms with Gasteiger partial charge in [0.25, 0.3) is 5.91 Å². The van der Waals surface area contributed by atoms with Gasteiger partial charge in [-0.2, -0.15) is 0 Å². The van der Waals surface area contributed by atoms with Gasteiger partial charge in [-0.15, -0.1) is 11.3 Å². The number of hydrogen-bond donors (Lipinski definition) is 1. The Morgan fingerprint density at radius 1 is 0.935 bits per heavy atom. The van der Waals surface area contributed by atoms with Crippen LogP contribution in [0.1, 0.15) is 10.6 Å². The van der Waals surface area contributed by atoms with Crippen LogP contribution in [0.5, 0.6) is 0 Å². The van der Waals surface area contributed by atoms with Gasteiger partial charge in [-0.3, -0.25) is 14.6 Å². The minimum atomic E-state index is -0.477. The highest BCUT2D eigenvalue weighted by atomic mass is 32.1. The van der Waals surface area contributed by atoms with E-state index in [4.69, 9.17) is 4.98 Å². The Labute approximate surface area is 185 Å². The van der Waals surface area contributed by atoms with Crippen LogP contribution in [0.25, 0.3) is 10.2 Å². The summed E-state index contributed by atoms with van der Waals surface area (Å²) >= 11 is 1.75. The first-order valence-corrected chi connectivity index (χ1v) is 11.4. The molecule has 3 aromatic rings. The van der Waals surface area contributed by atoms with Gasteiger partial charge in [-0.1, -0.05) is 42.5 Å². The average molecular weight is 436 g/mol. The Kier molecular flexibility index (Phi) is 5.67. The molecule has 0 aliphatic carbocycles. The molecule has 2 aromatic carbocycles. The molecule has 3 heterocycles. The number of para-hydroxylation sites is 1. The number of nitrogens with zero attached hydrogens (tertiary/aromatic N) is 4. The van der Waals surface area contributed by atoms with Gasteiger partial charge in [0.15, 0.2) is 0 Å². The molecule has 160 valence electrons. The molecule has 5 rings (SSSR count). The molecule has 1 aromatic heterocycles. The van der Waals surface area contributed by atoms with Crippen LogP contribution in [-0.2, 0) is 17.8 Å². The summed E-state index contributed by atoms with van der Waals surface area (Å²) in [6.07, 6.45) is 0.526. The lowest BCUT2D eigenvalue weighted by atomic mass is 10.1. The van der Waals surface area contributed by atoms with Crippen molar-refractivity contribution in [3.05, 3.63) is 65.2 Å². The number of thiazole rings is 1. The summed E-state index contributed by atoms with van der Waals surface area (Å²) in [6.45, 7) is 4.64. The van der Waals surface area contributed by atoms with E-state index in [1.807, 2.05) is 42.5 Å². The minimum Gasteiger partial charge on any atom is -0.325 e. The number of aromatic nitrogens is 1. The molecule has 0 saturated carbocycles. The largest absolute Gasteiger partial charge is 0.325 e. The quantitative estimate of drug-likeness (QED) is 0.603. The summed E-state index contributed by atoms with van der Waals surface area (Å²) in [7, 11) is 0. The average Bonchev–Trinajstić information content (AvgIpc) is 3.31. The van der Waals surface area contributed by atoms with Crippen LogP contribution >= 0.6 is 11.3 Å². The van der Waals surface area contributed by atoms with Crippen LogP contribution in [0.15, 0.2) is 54.6 Å². The van der Waals surface area contributed by atoms with Gasteiger partial charge in [0.2, 0.25) is 0 Å². The van der Waals surface area contributed by atoms with Gasteiger partial charge in [-0.25, -0.2) is 14.7 Å². The molecule has 2 aliphatic heterocycles. The minimum absolute atomic E-state index is 0.134. The summed E-state index contributed by atoms with van der Waals surface area (Å²) in [5.41, 5.74) is 2.11. The van der Waals surface area contributed by atoms with Gasteiger partial charge in [-0.05, 0) is 17.7 Å². The molecular formula is C23H25N5O2S. The number of hydrogen-bond acceptors (Lipinski definition) is 6. The number of nitrogens with one attached hydrogen (secondary N) is 1. The third kappa shape index (κ3) is 4.46. The van der Waals surface area contributed by atoms with E-state index in [1.165, 1.54) is 9.60 Å². The number of piperazine rings is 1. The fourth-order valence-corrected chi connectivity index (χ4v) is 5.18. The molecule has 0 spiro atoms. The van der Waals surface area contributed by atoms with Crippen LogP contribution in [-0.4, -0.2) is 70.5 Å². The van der Waals surface area contributed by atoms with E-state index in [0.29, 0.717) is 13.1 Å². The van der Waals surface area contributed by atoms with Crippen molar-refractivity contribution in [3.8, 4) is 0 Å². The summed E-state index contributed by atoms with van der Waals surface area (Å²) in [5.74, 6) is -0.134. The van der Waals surface area contributed by atoms with Gasteiger partial charge >= 0.3 is 6.03 Å². The molecule has 1 atom stereocenters. The van der Waals surface area contributed by atoms with Crippen molar-refractivity contribution in [2.75, 3.05) is 32.8 Å². The second kappa shape index (κ2) is 8.74. The molecule has 0 bridgehead atoms. The number of urea groups is 1. The third-order valence-corrected chi connectivity index (χ3v) is 6.91. The Bertz CT molecular complexity index is 1040. The van der Waals surface area contributed by atoms with Crippen LogP contribution in [0, 0.1) is 0 Å². The molecule has 2 saturated heterocycles. The Morgan fingerprint density at radius 2 is 1.65 bits per heavy atom. The fraction of sp³-hybridized carbons (Fsp3) is 0.348. The van der Waals surface area contributed by atoms with E-state index in [-0.39, 0.29) is 11.9 Å². The van der Waals surface area contributed by atoms with Crippen LogP contribution < -0.4 is 5.32 Å². The number of rotatable bonds is 6. The number of imide groups is 1. The highest BCUT2D eigenvalue weighted by molar-refractivity contribution is 7.18. The Morgan fingerprint density at radius 3 is 2.42 bits per heavy atom. The molecule has 0 unspecified atom stereocenters. The van der Waals surface area contributed by atoms with Crippen molar-refractivity contribution in [1.82, 2.24) is 25.0 Å². The SMILES string of the molecule is O=C1N[C@H](Cc2ccccc2)C(=O)N1CN1CCN(Cc2nc3ccccc3s2)CC1. The van der Waals surface area contributed by atoms with Gasteiger partial charge in [0.1, 0.15) is 11.0 Å². The van der Waals surface area contributed by atoms with E-state index in [2.05, 4.69) is 27.2 Å². The summed E-state index contributed by atoms with van der Waals surface area (Å²) in [4.78, 5) is 35.8. The van der Waals surface area contributed by atoms with E-state index >= 15 is 0 Å². The molecule has 3 amide bonds. The first kappa shape index (κ1) is 20.1. The number of benzene rings is 2. The lowest BCUT2D eigenvalue weighted by Crippen LogP contribution is -2.51. The maximum atomic E-state index is 12.8. The lowest BCUT2D eigenvalue weighted by Gasteiger charge is -2.35. The Hall–Kier alpha value is -2.81. The highest BCUT2D eigenvalue weighted by Crippen LogP contribution is 2.23. The zero-order valence-corrected chi connectivity index (χ0v) is 18.1. The van der Waals surface area contributed by atoms with Gasteiger partial charge < -0.3 is 5.32 Å². The number of carbonyl (C=O) groups excluding carboxylic acids is 2. The monoisotopic (exact) mass is 435 g/mol. The smallest absolute Gasteiger partial charge is 0.325 e. The number of fused-ring (bicyclic) bond motifs is 1. The lowest BCUT2D eigenvalue weighted by molar-refractivity contribution is -0.129. The summed E-state index contributed by atoms with van der Waals surface area (Å²) in [6, 6.07) is 17.3. The van der Waals surface area contributed by atoms with E-state index in [0.717, 1.165) is 48.8 Å². The van der Waals surface area contributed by atoms with Crippen molar-refractivity contribution < 1.29 is 9.59 Å². The van der Waals surface area contributed by atoms with Crippen molar-refractivity contribution >= 4 is 33.5 Å². The molecule has 31 heavy (non-hydrogen) atoms. The van der Waals surface area contributed by atoms with E-state index in [1.54, 1.807) is 11.3 Å². The topological polar surface area (TPSA) is 68.8 Å². The standard InChI is InChI=1S/C23H25N5O2S/c29-22-19(14-17-6-2-1-3-7-17)25-23(30)28(22)16-27-12-10-26(11-13-27)15-21-24-18-8-4-5-9-20(18)31-21/h1-9,19H,10-16H2,(H,25,30)/t19-/m1/s1. The molecule has 2 fully saturated rings. The summed E-state index contributed by atoms with van der Waals surface area (Å²) in [5, 5.41) is 3.97. The molecule has 0 radical (unpaired) electrons. The van der Waals surface area contributed by atoms with Crippen molar-refractivity contribution in [2.24, 2.45) is 0 Å². The van der Waals surface area contributed by atoms with E-state index < -0.39 is 6.04 Å². The van der Waals surface area contributed by atoms with Crippen molar-refractivity contribution in [3.63, 3.8) is 0 Å². The predicted octanol–water partition coefficient (Wildman–Crippen LogP) is 2.53. The normalized spacial score (nSPS) is 20.5. The van der Waals surface area contributed by atoms with Crippen molar-refractivity contribution in [1.29, 1.82) is 0 Å². The molecule has 2 aliphatic rings.